The number of fused-ring (bicyclic) bond motifs is 1. The summed E-state index contributed by atoms with van der Waals surface area (Å²) in [5.74, 6) is 1.09. The van der Waals surface area contributed by atoms with E-state index in [2.05, 4.69) is 6.07 Å². The molecule has 31 heavy (non-hydrogen) atoms. The zero-order valence-corrected chi connectivity index (χ0v) is 18.2. The van der Waals surface area contributed by atoms with Gasteiger partial charge in [-0.2, -0.15) is 5.26 Å². The topological polar surface area (TPSA) is 122 Å². The average Bonchev–Trinajstić information content (AvgIpc) is 3.15. The van der Waals surface area contributed by atoms with Crippen molar-refractivity contribution in [2.45, 2.75) is 106 Å². The van der Waals surface area contributed by atoms with E-state index in [1.165, 1.54) is 0 Å². The summed E-state index contributed by atoms with van der Waals surface area (Å²) in [6, 6.07) is 1.58. The maximum absolute atomic E-state index is 13.6. The maximum Gasteiger partial charge on any atom is 0.326 e. The minimum absolute atomic E-state index is 0.0499. The molecule has 6 aliphatic carbocycles. The standard InChI is InChI=1S/C24H34N4O3/c25-12-17-6-16-7-18(16)28(17)20(29)19(26)22-8-14-5-15(9-22)11-23(10-14,13-22)31-21(30)24(27)3-1-2-4-24/h14-19H,1-11,13,26-27H2/t14-,15?,16?,17-,18?,19+,22?,23?/m0/s1. The molecule has 168 valence electrons. The fourth-order valence-electron chi connectivity index (χ4n) is 8.55. The predicted octanol–water partition coefficient (Wildman–Crippen LogP) is 1.98. The lowest BCUT2D eigenvalue weighted by Gasteiger charge is -2.62. The molecule has 7 heteroatoms. The summed E-state index contributed by atoms with van der Waals surface area (Å²) in [4.78, 5) is 28.5. The highest BCUT2D eigenvalue weighted by atomic mass is 16.6. The van der Waals surface area contributed by atoms with E-state index < -0.39 is 17.2 Å². The number of carbonyl (C=O) groups excluding carboxylic acids is 2. The third-order valence-electron chi connectivity index (χ3n) is 9.70. The second kappa shape index (κ2) is 6.45. The lowest BCUT2D eigenvalue weighted by atomic mass is 9.46. The molecule has 0 aromatic heterocycles. The van der Waals surface area contributed by atoms with E-state index in [0.717, 1.165) is 57.8 Å². The number of piperidine rings is 1. The van der Waals surface area contributed by atoms with Crippen molar-refractivity contribution in [1.82, 2.24) is 4.90 Å². The molecule has 1 amide bonds. The van der Waals surface area contributed by atoms with Gasteiger partial charge in [-0.3, -0.25) is 9.59 Å². The van der Waals surface area contributed by atoms with Crippen LogP contribution in [0.25, 0.3) is 0 Å². The van der Waals surface area contributed by atoms with E-state index in [0.29, 0.717) is 37.0 Å². The molecule has 7 nitrogen and oxygen atoms in total. The number of esters is 1. The van der Waals surface area contributed by atoms with Gasteiger partial charge < -0.3 is 21.1 Å². The molecule has 1 heterocycles. The van der Waals surface area contributed by atoms with Crippen LogP contribution in [0.4, 0.5) is 0 Å². The molecular formula is C24H34N4O3. The maximum atomic E-state index is 13.6. The molecule has 0 aromatic rings. The number of nitriles is 1. The SMILES string of the molecule is N#C[C@@H]1CC2CC2N1C(=O)[C@@H](N)C12CC3C[C@H](CC(OC(=O)C4(N)CCCC4)(C3)C1)C2. The highest BCUT2D eigenvalue weighted by molar-refractivity contribution is 5.85. The molecule has 5 unspecified atom stereocenters. The Morgan fingerprint density at radius 3 is 2.39 bits per heavy atom. The molecule has 1 saturated heterocycles. The summed E-state index contributed by atoms with van der Waals surface area (Å²) in [6.07, 6.45) is 10.6. The molecule has 8 atom stereocenters. The van der Waals surface area contributed by atoms with Crippen molar-refractivity contribution in [3.8, 4) is 6.07 Å². The van der Waals surface area contributed by atoms with E-state index >= 15 is 0 Å². The Bertz CT molecular complexity index is 845. The largest absolute Gasteiger partial charge is 0.458 e. The highest BCUT2D eigenvalue weighted by Crippen LogP contribution is 2.64. The summed E-state index contributed by atoms with van der Waals surface area (Å²) in [5.41, 5.74) is 11.5. The fourth-order valence-corrected chi connectivity index (χ4v) is 8.55. The molecule has 7 fully saturated rings. The third kappa shape index (κ3) is 2.90. The first-order chi connectivity index (χ1) is 14.8. The van der Waals surface area contributed by atoms with Gasteiger partial charge in [-0.25, -0.2) is 0 Å². The Morgan fingerprint density at radius 1 is 1.06 bits per heavy atom. The summed E-state index contributed by atoms with van der Waals surface area (Å²) >= 11 is 0. The molecule has 0 radical (unpaired) electrons. The van der Waals surface area contributed by atoms with Gasteiger partial charge in [0, 0.05) is 6.04 Å². The van der Waals surface area contributed by atoms with Crippen LogP contribution >= 0.6 is 0 Å². The quantitative estimate of drug-likeness (QED) is 0.663. The first-order valence-corrected chi connectivity index (χ1v) is 12.3. The molecule has 7 aliphatic rings. The number of amides is 1. The van der Waals surface area contributed by atoms with Crippen LogP contribution in [0.15, 0.2) is 0 Å². The van der Waals surface area contributed by atoms with Crippen LogP contribution in [-0.2, 0) is 14.3 Å². The molecule has 0 aromatic carbocycles. The Kier molecular flexibility index (Phi) is 4.16. The van der Waals surface area contributed by atoms with Gasteiger partial charge in [-0.1, -0.05) is 12.8 Å². The number of hydrogen-bond acceptors (Lipinski definition) is 6. The predicted molar refractivity (Wildman–Crippen MR) is 112 cm³/mol. The van der Waals surface area contributed by atoms with Gasteiger partial charge in [0.15, 0.2) is 0 Å². The first-order valence-electron chi connectivity index (χ1n) is 12.3. The minimum atomic E-state index is -0.842. The molecular weight excluding hydrogens is 392 g/mol. The van der Waals surface area contributed by atoms with Crippen LogP contribution in [0.3, 0.4) is 0 Å². The van der Waals surface area contributed by atoms with Crippen LogP contribution in [0.5, 0.6) is 0 Å². The second-order valence-electron chi connectivity index (χ2n) is 11.9. The van der Waals surface area contributed by atoms with Gasteiger partial charge >= 0.3 is 5.97 Å². The van der Waals surface area contributed by atoms with E-state index in [-0.39, 0.29) is 29.4 Å². The van der Waals surface area contributed by atoms with Gasteiger partial charge in [0.1, 0.15) is 17.2 Å². The van der Waals surface area contributed by atoms with Crippen molar-refractivity contribution in [2.24, 2.45) is 34.6 Å². The van der Waals surface area contributed by atoms with Crippen molar-refractivity contribution in [2.75, 3.05) is 0 Å². The van der Waals surface area contributed by atoms with Gasteiger partial charge in [0.05, 0.1) is 12.1 Å². The van der Waals surface area contributed by atoms with E-state index in [1.807, 2.05) is 0 Å². The van der Waals surface area contributed by atoms with E-state index in [1.54, 1.807) is 4.90 Å². The van der Waals surface area contributed by atoms with Crippen molar-refractivity contribution >= 4 is 11.9 Å². The molecule has 7 rings (SSSR count). The number of likely N-dealkylation sites (tertiary alicyclic amines) is 1. The lowest BCUT2D eigenvalue weighted by molar-refractivity contribution is -0.210. The van der Waals surface area contributed by atoms with Crippen molar-refractivity contribution < 1.29 is 14.3 Å². The second-order valence-corrected chi connectivity index (χ2v) is 11.9. The number of nitrogens with two attached hydrogens (primary N) is 2. The monoisotopic (exact) mass is 426 g/mol. The van der Waals surface area contributed by atoms with Gasteiger partial charge in [-0.15, -0.1) is 0 Å². The zero-order chi connectivity index (χ0) is 21.6. The number of carbonyl (C=O) groups is 2. The lowest BCUT2D eigenvalue weighted by Crippen LogP contribution is -2.66. The van der Waals surface area contributed by atoms with E-state index in [9.17, 15) is 14.9 Å². The van der Waals surface area contributed by atoms with Crippen molar-refractivity contribution in [3.63, 3.8) is 0 Å². The smallest absolute Gasteiger partial charge is 0.326 e. The number of hydrogen-bond donors (Lipinski definition) is 2. The molecule has 1 aliphatic heterocycles. The van der Waals surface area contributed by atoms with Crippen LogP contribution in [0.2, 0.25) is 0 Å². The third-order valence-corrected chi connectivity index (χ3v) is 9.70. The van der Waals surface area contributed by atoms with Gasteiger partial charge in [0.25, 0.3) is 0 Å². The van der Waals surface area contributed by atoms with Crippen LogP contribution in [-0.4, -0.2) is 46.0 Å². The summed E-state index contributed by atoms with van der Waals surface area (Å²) in [5, 5.41) is 9.55. The Balaban J connectivity index is 1.25. The summed E-state index contributed by atoms with van der Waals surface area (Å²) in [7, 11) is 0. The van der Waals surface area contributed by atoms with E-state index in [4.69, 9.17) is 16.2 Å². The molecule has 0 spiro atoms. The number of rotatable bonds is 4. The highest BCUT2D eigenvalue weighted by Gasteiger charge is 2.64. The Morgan fingerprint density at radius 2 is 1.74 bits per heavy atom. The van der Waals surface area contributed by atoms with Gasteiger partial charge in [0.2, 0.25) is 5.91 Å². The molecule has 6 saturated carbocycles. The minimum Gasteiger partial charge on any atom is -0.458 e. The summed E-state index contributed by atoms with van der Waals surface area (Å²) < 4.78 is 6.29. The molecule has 4 bridgehead atoms. The first kappa shape index (κ1) is 20.0. The van der Waals surface area contributed by atoms with Crippen molar-refractivity contribution in [3.05, 3.63) is 0 Å². The Labute approximate surface area is 183 Å². The van der Waals surface area contributed by atoms with Crippen LogP contribution < -0.4 is 11.5 Å². The average molecular weight is 427 g/mol. The number of ether oxygens (including phenoxy) is 1. The molecule has 4 N–H and O–H groups in total. The fraction of sp³-hybridized carbons (Fsp3) is 0.875. The van der Waals surface area contributed by atoms with Crippen LogP contribution in [0.1, 0.15) is 77.0 Å². The zero-order valence-electron chi connectivity index (χ0n) is 18.2. The Hall–Kier alpha value is -1.65. The normalized spacial score (nSPS) is 47.0. The van der Waals surface area contributed by atoms with Gasteiger partial charge in [-0.05, 0) is 87.4 Å². The van der Waals surface area contributed by atoms with Crippen LogP contribution in [0, 0.1) is 34.5 Å². The summed E-state index contributed by atoms with van der Waals surface area (Å²) in [6.45, 7) is 0. The van der Waals surface area contributed by atoms with Crippen molar-refractivity contribution in [1.29, 1.82) is 5.26 Å². The number of nitrogens with zero attached hydrogens (tertiary/aromatic N) is 2.